The first kappa shape index (κ1) is 13.6. The molecule has 1 N–H and O–H groups in total. The van der Waals surface area contributed by atoms with Crippen LogP contribution in [-0.4, -0.2) is 24.0 Å². The predicted molar refractivity (Wildman–Crippen MR) is 71.7 cm³/mol. The fraction of sp³-hybridized carbons (Fsp3) is 0.231. The molecule has 0 bridgehead atoms. The number of rotatable bonds is 3. The van der Waals surface area contributed by atoms with E-state index in [1.807, 2.05) is 0 Å². The van der Waals surface area contributed by atoms with Gasteiger partial charge in [-0.15, -0.1) is 0 Å². The highest BCUT2D eigenvalue weighted by Gasteiger charge is 2.24. The zero-order valence-corrected chi connectivity index (χ0v) is 11.9. The Kier molecular flexibility index (Phi) is 3.61. The molecule has 0 aliphatic carbocycles. The van der Waals surface area contributed by atoms with Gasteiger partial charge in [0.1, 0.15) is 22.7 Å². The SMILES string of the molecule is CCOC(=O)c1c(C)oc2cc(Br)c(O)c(C=O)c12. The lowest BCUT2D eigenvalue weighted by Crippen LogP contribution is -2.06. The van der Waals surface area contributed by atoms with Crippen LogP contribution in [0, 0.1) is 6.92 Å². The number of aryl methyl sites for hydroxylation is 1. The minimum absolute atomic E-state index is 0.00396. The van der Waals surface area contributed by atoms with E-state index in [2.05, 4.69) is 15.9 Å². The number of aromatic hydroxyl groups is 1. The van der Waals surface area contributed by atoms with Crippen molar-refractivity contribution in [3.8, 4) is 5.75 Å². The molecular weight excluding hydrogens is 316 g/mol. The number of carbonyl (C=O) groups is 2. The molecule has 0 aliphatic heterocycles. The summed E-state index contributed by atoms with van der Waals surface area (Å²) in [4.78, 5) is 23.1. The van der Waals surface area contributed by atoms with Gasteiger partial charge < -0.3 is 14.3 Å². The lowest BCUT2D eigenvalue weighted by atomic mass is 10.0. The van der Waals surface area contributed by atoms with Gasteiger partial charge in [-0.2, -0.15) is 0 Å². The van der Waals surface area contributed by atoms with E-state index in [4.69, 9.17) is 9.15 Å². The first-order valence-electron chi connectivity index (χ1n) is 5.58. The molecule has 6 heteroatoms. The van der Waals surface area contributed by atoms with Crippen LogP contribution in [0.1, 0.15) is 33.4 Å². The zero-order chi connectivity index (χ0) is 14.2. The monoisotopic (exact) mass is 326 g/mol. The second kappa shape index (κ2) is 5.05. The predicted octanol–water partition coefficient (Wildman–Crippen LogP) is 3.20. The Hall–Kier alpha value is -1.82. The average molecular weight is 327 g/mol. The Morgan fingerprint density at radius 1 is 1.58 bits per heavy atom. The number of halogens is 1. The molecule has 0 saturated carbocycles. The molecule has 1 aromatic heterocycles. The Bertz CT molecular complexity index is 671. The van der Waals surface area contributed by atoms with Crippen LogP contribution in [0.2, 0.25) is 0 Å². The average Bonchev–Trinajstić information content (AvgIpc) is 2.67. The van der Waals surface area contributed by atoms with Gasteiger partial charge in [0.2, 0.25) is 0 Å². The third-order valence-electron chi connectivity index (χ3n) is 2.72. The van der Waals surface area contributed by atoms with Crippen LogP contribution in [0.3, 0.4) is 0 Å². The van der Waals surface area contributed by atoms with Crippen molar-refractivity contribution in [2.45, 2.75) is 13.8 Å². The van der Waals surface area contributed by atoms with Crippen molar-refractivity contribution in [2.75, 3.05) is 6.61 Å². The molecule has 1 aromatic carbocycles. The molecule has 0 atom stereocenters. The van der Waals surface area contributed by atoms with Gasteiger partial charge in [0, 0.05) is 5.39 Å². The fourth-order valence-electron chi connectivity index (χ4n) is 1.93. The quantitative estimate of drug-likeness (QED) is 0.692. The summed E-state index contributed by atoms with van der Waals surface area (Å²) in [5.41, 5.74) is 0.512. The van der Waals surface area contributed by atoms with E-state index in [1.54, 1.807) is 13.8 Å². The van der Waals surface area contributed by atoms with Gasteiger partial charge in [0.25, 0.3) is 0 Å². The number of hydrogen-bond donors (Lipinski definition) is 1. The lowest BCUT2D eigenvalue weighted by molar-refractivity contribution is 0.0526. The Balaban J connectivity index is 2.84. The number of aldehydes is 1. The molecule has 0 unspecified atom stereocenters. The highest BCUT2D eigenvalue weighted by Crippen LogP contribution is 2.38. The molecule has 0 fully saturated rings. The molecule has 5 nitrogen and oxygen atoms in total. The maximum atomic E-state index is 11.9. The first-order chi connectivity index (χ1) is 9.01. The van der Waals surface area contributed by atoms with E-state index >= 15 is 0 Å². The van der Waals surface area contributed by atoms with Crippen LogP contribution >= 0.6 is 15.9 Å². The van der Waals surface area contributed by atoms with E-state index in [0.717, 1.165) is 0 Å². The van der Waals surface area contributed by atoms with Crippen LogP contribution < -0.4 is 0 Å². The minimum atomic E-state index is -0.580. The summed E-state index contributed by atoms with van der Waals surface area (Å²) in [5.74, 6) is -0.466. The summed E-state index contributed by atoms with van der Waals surface area (Å²) in [7, 11) is 0. The molecule has 2 aromatic rings. The number of carbonyl (C=O) groups excluding carboxylic acids is 2. The maximum Gasteiger partial charge on any atom is 0.342 e. The normalized spacial score (nSPS) is 10.7. The van der Waals surface area contributed by atoms with Crippen LogP contribution in [0.4, 0.5) is 0 Å². The first-order valence-corrected chi connectivity index (χ1v) is 6.37. The topological polar surface area (TPSA) is 76.7 Å². The standard InChI is InChI=1S/C13H11BrO5/c1-3-18-13(17)10-6(2)19-9-4-8(14)12(16)7(5-15)11(9)10/h4-5,16H,3H2,1-2H3. The van der Waals surface area contributed by atoms with Gasteiger partial charge in [-0.05, 0) is 35.8 Å². The second-order valence-electron chi connectivity index (χ2n) is 3.87. The highest BCUT2D eigenvalue weighted by atomic mass is 79.9. The number of hydrogen-bond acceptors (Lipinski definition) is 5. The van der Waals surface area contributed by atoms with Crippen molar-refractivity contribution in [3.63, 3.8) is 0 Å². The summed E-state index contributed by atoms with van der Waals surface area (Å²) >= 11 is 3.12. The van der Waals surface area contributed by atoms with Crippen LogP contribution in [-0.2, 0) is 4.74 Å². The van der Waals surface area contributed by atoms with Crippen molar-refractivity contribution < 1.29 is 23.8 Å². The van der Waals surface area contributed by atoms with Crippen LogP contribution in [0.5, 0.6) is 5.75 Å². The molecule has 0 spiro atoms. The number of esters is 1. The summed E-state index contributed by atoms with van der Waals surface area (Å²) in [5, 5.41) is 10.1. The van der Waals surface area contributed by atoms with Crippen molar-refractivity contribution in [1.82, 2.24) is 0 Å². The summed E-state index contributed by atoms with van der Waals surface area (Å²) in [6.45, 7) is 3.50. The molecule has 0 aliphatic rings. The van der Waals surface area contributed by atoms with Crippen LogP contribution in [0.25, 0.3) is 11.0 Å². The molecule has 0 amide bonds. The number of phenolic OH excluding ortho intramolecular Hbond substituents is 1. The molecule has 0 saturated heterocycles. The van der Waals surface area contributed by atoms with E-state index in [1.165, 1.54) is 6.07 Å². The largest absolute Gasteiger partial charge is 0.506 e. The van der Waals surface area contributed by atoms with Gasteiger partial charge in [0.15, 0.2) is 6.29 Å². The van der Waals surface area contributed by atoms with Gasteiger partial charge in [-0.3, -0.25) is 4.79 Å². The van der Waals surface area contributed by atoms with E-state index < -0.39 is 5.97 Å². The maximum absolute atomic E-state index is 11.9. The molecule has 100 valence electrons. The molecule has 0 radical (unpaired) electrons. The number of fused-ring (bicyclic) bond motifs is 1. The lowest BCUT2D eigenvalue weighted by Gasteiger charge is -2.04. The van der Waals surface area contributed by atoms with Gasteiger partial charge in [0.05, 0.1) is 16.6 Å². The van der Waals surface area contributed by atoms with Crippen molar-refractivity contribution >= 4 is 39.2 Å². The molecular formula is C13H11BrO5. The number of ether oxygens (including phenoxy) is 1. The van der Waals surface area contributed by atoms with Gasteiger partial charge in [-0.25, -0.2) is 4.79 Å². The zero-order valence-electron chi connectivity index (χ0n) is 10.3. The third-order valence-corrected chi connectivity index (χ3v) is 3.32. The van der Waals surface area contributed by atoms with Crippen LogP contribution in [0.15, 0.2) is 15.0 Å². The molecule has 2 rings (SSSR count). The summed E-state index contributed by atoms with van der Waals surface area (Å²) in [6, 6.07) is 1.51. The van der Waals surface area contributed by atoms with Gasteiger partial charge >= 0.3 is 5.97 Å². The number of benzene rings is 1. The molecule has 1 heterocycles. The summed E-state index contributed by atoms with van der Waals surface area (Å²) in [6.07, 6.45) is 0.486. The highest BCUT2D eigenvalue weighted by molar-refractivity contribution is 9.10. The second-order valence-corrected chi connectivity index (χ2v) is 4.72. The summed E-state index contributed by atoms with van der Waals surface area (Å²) < 4.78 is 10.7. The fourth-order valence-corrected chi connectivity index (χ4v) is 2.35. The Morgan fingerprint density at radius 3 is 2.84 bits per heavy atom. The van der Waals surface area contributed by atoms with Gasteiger partial charge in [-0.1, -0.05) is 0 Å². The van der Waals surface area contributed by atoms with Crippen molar-refractivity contribution in [1.29, 1.82) is 0 Å². The smallest absolute Gasteiger partial charge is 0.342 e. The number of furan rings is 1. The Labute approximate surface area is 117 Å². The van der Waals surface area contributed by atoms with E-state index in [-0.39, 0.29) is 28.9 Å². The van der Waals surface area contributed by atoms with E-state index in [9.17, 15) is 14.7 Å². The van der Waals surface area contributed by atoms with E-state index in [0.29, 0.717) is 22.1 Å². The number of phenols is 1. The molecule has 19 heavy (non-hydrogen) atoms. The Morgan fingerprint density at radius 2 is 2.26 bits per heavy atom. The van der Waals surface area contributed by atoms with Crippen molar-refractivity contribution in [2.24, 2.45) is 0 Å². The third kappa shape index (κ3) is 2.12. The van der Waals surface area contributed by atoms with Crippen molar-refractivity contribution in [3.05, 3.63) is 27.4 Å². The minimum Gasteiger partial charge on any atom is -0.506 e.